The number of hydrogen-bond acceptors (Lipinski definition) is 4. The molecule has 1 aromatic carbocycles. The van der Waals surface area contributed by atoms with Gasteiger partial charge < -0.3 is 14.6 Å². The molecular formula is C15H21N3O. The van der Waals surface area contributed by atoms with Crippen molar-refractivity contribution in [1.82, 2.24) is 10.3 Å². The molecule has 1 aliphatic heterocycles. The van der Waals surface area contributed by atoms with Crippen LogP contribution in [0.5, 0.6) is 0 Å². The predicted octanol–water partition coefficient (Wildman–Crippen LogP) is 2.65. The molecule has 102 valence electrons. The summed E-state index contributed by atoms with van der Waals surface area (Å²) in [6.45, 7) is 6.38. The third-order valence-electron chi connectivity index (χ3n) is 3.81. The highest BCUT2D eigenvalue weighted by atomic mass is 16.4. The quantitative estimate of drug-likeness (QED) is 0.916. The Balaban J connectivity index is 1.76. The molecule has 19 heavy (non-hydrogen) atoms. The maximum Gasteiger partial charge on any atom is 0.298 e. The molecule has 4 nitrogen and oxygen atoms in total. The number of anilines is 1. The number of rotatable bonds is 4. The van der Waals surface area contributed by atoms with E-state index >= 15 is 0 Å². The molecule has 1 aromatic heterocycles. The number of hydrogen-bond donors (Lipinski definition) is 1. The first-order valence-corrected chi connectivity index (χ1v) is 7.18. The summed E-state index contributed by atoms with van der Waals surface area (Å²) in [5.41, 5.74) is 1.82. The summed E-state index contributed by atoms with van der Waals surface area (Å²) in [7, 11) is 0. The van der Waals surface area contributed by atoms with E-state index in [0.29, 0.717) is 5.92 Å². The predicted molar refractivity (Wildman–Crippen MR) is 77.5 cm³/mol. The summed E-state index contributed by atoms with van der Waals surface area (Å²) in [4.78, 5) is 6.84. The summed E-state index contributed by atoms with van der Waals surface area (Å²) in [6, 6.07) is 8.71. The molecule has 0 amide bonds. The molecule has 2 aromatic rings. The molecule has 0 aliphatic carbocycles. The number of aromatic nitrogens is 1. The van der Waals surface area contributed by atoms with E-state index in [-0.39, 0.29) is 0 Å². The number of nitrogens with zero attached hydrogens (tertiary/aromatic N) is 2. The second-order valence-corrected chi connectivity index (χ2v) is 5.22. The second-order valence-electron chi connectivity index (χ2n) is 5.22. The highest BCUT2D eigenvalue weighted by Gasteiger charge is 2.19. The fourth-order valence-corrected chi connectivity index (χ4v) is 2.73. The van der Waals surface area contributed by atoms with Crippen LogP contribution in [0.3, 0.4) is 0 Å². The lowest BCUT2D eigenvalue weighted by Crippen LogP contribution is -2.38. The Morgan fingerprint density at radius 2 is 2.32 bits per heavy atom. The van der Waals surface area contributed by atoms with Crippen LogP contribution in [0.15, 0.2) is 28.7 Å². The number of benzene rings is 1. The third-order valence-corrected chi connectivity index (χ3v) is 3.81. The first-order chi connectivity index (χ1) is 9.36. The van der Waals surface area contributed by atoms with E-state index < -0.39 is 0 Å². The molecule has 0 bridgehead atoms. The van der Waals surface area contributed by atoms with Gasteiger partial charge in [0.1, 0.15) is 5.52 Å². The second kappa shape index (κ2) is 5.61. The third kappa shape index (κ3) is 2.73. The molecule has 0 spiro atoms. The Morgan fingerprint density at radius 1 is 1.42 bits per heavy atom. The number of para-hydroxylation sites is 2. The van der Waals surface area contributed by atoms with Crippen molar-refractivity contribution in [2.24, 2.45) is 5.92 Å². The minimum absolute atomic E-state index is 0.698. The Labute approximate surface area is 113 Å². The summed E-state index contributed by atoms with van der Waals surface area (Å²) in [5.74, 6) is 0.698. The fourth-order valence-electron chi connectivity index (χ4n) is 2.73. The highest BCUT2D eigenvalue weighted by molar-refractivity contribution is 5.74. The van der Waals surface area contributed by atoms with E-state index in [1.807, 2.05) is 24.3 Å². The van der Waals surface area contributed by atoms with Crippen molar-refractivity contribution in [2.45, 2.75) is 19.8 Å². The van der Waals surface area contributed by atoms with Gasteiger partial charge in [0.15, 0.2) is 5.58 Å². The zero-order valence-electron chi connectivity index (χ0n) is 11.4. The molecule has 1 fully saturated rings. The van der Waals surface area contributed by atoms with E-state index in [1.165, 1.54) is 12.8 Å². The van der Waals surface area contributed by atoms with Gasteiger partial charge in [-0.05, 0) is 50.9 Å². The highest BCUT2D eigenvalue weighted by Crippen LogP contribution is 2.23. The lowest BCUT2D eigenvalue weighted by Gasteiger charge is -2.28. The minimum Gasteiger partial charge on any atom is -0.423 e. The molecular weight excluding hydrogens is 238 g/mol. The molecule has 1 saturated heterocycles. The zero-order valence-corrected chi connectivity index (χ0v) is 11.4. The topological polar surface area (TPSA) is 41.3 Å². The summed E-state index contributed by atoms with van der Waals surface area (Å²) in [6.07, 6.45) is 2.57. The number of fused-ring (bicyclic) bond motifs is 1. The van der Waals surface area contributed by atoms with Crippen LogP contribution in [-0.4, -0.2) is 31.2 Å². The van der Waals surface area contributed by atoms with Crippen molar-refractivity contribution in [3.05, 3.63) is 24.3 Å². The van der Waals surface area contributed by atoms with Gasteiger partial charge in [0.2, 0.25) is 0 Å². The van der Waals surface area contributed by atoms with Crippen LogP contribution in [0.1, 0.15) is 19.8 Å². The Kier molecular flexibility index (Phi) is 3.69. The van der Waals surface area contributed by atoms with Crippen LogP contribution < -0.4 is 10.2 Å². The van der Waals surface area contributed by atoms with Gasteiger partial charge in [-0.15, -0.1) is 0 Å². The van der Waals surface area contributed by atoms with Gasteiger partial charge in [-0.3, -0.25) is 0 Å². The average Bonchev–Trinajstić information content (AvgIpc) is 2.89. The SMILES string of the molecule is CCN(CC1CCCNC1)c1nc2ccccc2o1. The van der Waals surface area contributed by atoms with Gasteiger partial charge in [-0.2, -0.15) is 4.98 Å². The Bertz CT molecular complexity index is 498. The standard InChI is InChI=1S/C15H21N3O/c1-2-18(11-12-6-5-9-16-10-12)15-17-13-7-3-4-8-14(13)19-15/h3-4,7-8,12,16H,2,5-6,9-11H2,1H3. The summed E-state index contributed by atoms with van der Waals surface area (Å²) in [5, 5.41) is 3.46. The van der Waals surface area contributed by atoms with Crippen molar-refractivity contribution in [1.29, 1.82) is 0 Å². The molecule has 0 saturated carbocycles. The van der Waals surface area contributed by atoms with Gasteiger partial charge in [0.25, 0.3) is 6.01 Å². The Hall–Kier alpha value is -1.55. The largest absolute Gasteiger partial charge is 0.423 e. The van der Waals surface area contributed by atoms with Gasteiger partial charge in [0, 0.05) is 13.1 Å². The van der Waals surface area contributed by atoms with Crippen LogP contribution in [0.2, 0.25) is 0 Å². The van der Waals surface area contributed by atoms with Crippen LogP contribution in [-0.2, 0) is 0 Å². The molecule has 2 heterocycles. The first-order valence-electron chi connectivity index (χ1n) is 7.18. The van der Waals surface area contributed by atoms with Crippen molar-refractivity contribution >= 4 is 17.1 Å². The van der Waals surface area contributed by atoms with Crippen LogP contribution in [0, 0.1) is 5.92 Å². The van der Waals surface area contributed by atoms with Crippen molar-refractivity contribution < 1.29 is 4.42 Å². The lowest BCUT2D eigenvalue weighted by molar-refractivity contribution is 0.371. The molecule has 1 N–H and O–H groups in total. The smallest absolute Gasteiger partial charge is 0.298 e. The number of piperidine rings is 1. The van der Waals surface area contributed by atoms with Gasteiger partial charge in [0.05, 0.1) is 0 Å². The van der Waals surface area contributed by atoms with Gasteiger partial charge >= 0.3 is 0 Å². The van der Waals surface area contributed by atoms with E-state index in [1.54, 1.807) is 0 Å². The van der Waals surface area contributed by atoms with E-state index in [0.717, 1.165) is 43.3 Å². The molecule has 1 unspecified atom stereocenters. The fraction of sp³-hybridized carbons (Fsp3) is 0.533. The normalized spacial score (nSPS) is 19.7. The number of oxazole rings is 1. The van der Waals surface area contributed by atoms with Crippen LogP contribution in [0.25, 0.3) is 11.1 Å². The van der Waals surface area contributed by atoms with Gasteiger partial charge in [-0.1, -0.05) is 12.1 Å². The molecule has 3 rings (SSSR count). The van der Waals surface area contributed by atoms with E-state index in [9.17, 15) is 0 Å². The summed E-state index contributed by atoms with van der Waals surface area (Å²) < 4.78 is 5.86. The van der Waals surface area contributed by atoms with Gasteiger partial charge in [-0.25, -0.2) is 0 Å². The zero-order chi connectivity index (χ0) is 13.1. The van der Waals surface area contributed by atoms with Crippen LogP contribution in [0.4, 0.5) is 6.01 Å². The maximum atomic E-state index is 5.86. The lowest BCUT2D eigenvalue weighted by atomic mass is 9.99. The molecule has 1 atom stereocenters. The van der Waals surface area contributed by atoms with Crippen LogP contribution >= 0.6 is 0 Å². The maximum absolute atomic E-state index is 5.86. The van der Waals surface area contributed by atoms with Crippen molar-refractivity contribution in [2.75, 3.05) is 31.1 Å². The van der Waals surface area contributed by atoms with Crippen molar-refractivity contribution in [3.8, 4) is 0 Å². The van der Waals surface area contributed by atoms with E-state index in [4.69, 9.17) is 4.42 Å². The average molecular weight is 259 g/mol. The monoisotopic (exact) mass is 259 g/mol. The number of nitrogens with one attached hydrogen (secondary N) is 1. The van der Waals surface area contributed by atoms with E-state index in [2.05, 4.69) is 22.1 Å². The summed E-state index contributed by atoms with van der Waals surface area (Å²) >= 11 is 0. The molecule has 4 heteroatoms. The molecule has 0 radical (unpaired) electrons. The minimum atomic E-state index is 0.698. The van der Waals surface area contributed by atoms with Crippen molar-refractivity contribution in [3.63, 3.8) is 0 Å². The molecule has 1 aliphatic rings. The first kappa shape index (κ1) is 12.5. The Morgan fingerprint density at radius 3 is 3.05 bits per heavy atom.